The van der Waals surface area contributed by atoms with Crippen LogP contribution in [-0.4, -0.2) is 16.7 Å². The van der Waals surface area contributed by atoms with Crippen molar-refractivity contribution in [1.82, 2.24) is 9.55 Å². The van der Waals surface area contributed by atoms with Crippen LogP contribution < -0.4 is 4.74 Å². The Bertz CT molecular complexity index is 1020. The van der Waals surface area contributed by atoms with E-state index in [1.165, 1.54) is 108 Å². The Morgan fingerprint density at radius 3 is 1.76 bits per heavy atom. The molecular weight excluding hydrogens is 452 g/mol. The Kier molecular flexibility index (Phi) is 14.0. The molecule has 3 rings (SSSR count). The molecular formula is C34H50N2O. The van der Waals surface area contributed by atoms with Crippen molar-refractivity contribution in [3.63, 3.8) is 0 Å². The highest BCUT2D eigenvalue weighted by Gasteiger charge is 2.08. The topological polar surface area (TPSA) is 27.1 Å². The van der Waals surface area contributed by atoms with Gasteiger partial charge in [0, 0.05) is 6.54 Å². The minimum atomic E-state index is 0.882. The van der Waals surface area contributed by atoms with E-state index in [1.807, 2.05) is 12.1 Å². The molecule has 37 heavy (non-hydrogen) atoms. The number of aryl methyl sites for hydroxylation is 1. The number of benzene rings is 2. The summed E-state index contributed by atoms with van der Waals surface area (Å²) in [5, 5.41) is 0. The third-order valence-electron chi connectivity index (χ3n) is 7.46. The highest BCUT2D eigenvalue weighted by atomic mass is 16.5. The number of fused-ring (bicyclic) bond motifs is 1. The highest BCUT2D eigenvalue weighted by Crippen LogP contribution is 2.21. The molecule has 3 aromatic rings. The normalized spacial score (nSPS) is 11.6. The summed E-state index contributed by atoms with van der Waals surface area (Å²) in [6, 6.07) is 16.7. The van der Waals surface area contributed by atoms with E-state index in [9.17, 15) is 0 Å². The van der Waals surface area contributed by atoms with Crippen LogP contribution in [0, 0.1) is 0 Å². The maximum absolute atomic E-state index is 5.27. The zero-order valence-corrected chi connectivity index (χ0v) is 23.6. The number of hydrogen-bond acceptors (Lipinski definition) is 2. The Hall–Kier alpha value is -2.55. The van der Waals surface area contributed by atoms with Crippen LogP contribution in [0.5, 0.6) is 5.75 Å². The number of nitrogens with zero attached hydrogens (tertiary/aromatic N) is 2. The molecule has 0 bridgehead atoms. The second kappa shape index (κ2) is 17.8. The Labute approximate surface area is 226 Å². The van der Waals surface area contributed by atoms with Crippen LogP contribution in [0.1, 0.15) is 121 Å². The van der Waals surface area contributed by atoms with Crippen molar-refractivity contribution in [2.24, 2.45) is 0 Å². The summed E-state index contributed by atoms with van der Waals surface area (Å²) in [6.07, 6.45) is 26.7. The number of para-hydroxylation sites is 2. The summed E-state index contributed by atoms with van der Waals surface area (Å²) >= 11 is 0. The fourth-order valence-electron chi connectivity index (χ4n) is 5.16. The molecule has 0 atom stereocenters. The summed E-state index contributed by atoms with van der Waals surface area (Å²) in [5.74, 6) is 1.92. The number of hydrogen-bond donors (Lipinski definition) is 0. The van der Waals surface area contributed by atoms with Gasteiger partial charge in [-0.05, 0) is 42.3 Å². The van der Waals surface area contributed by atoms with Crippen LogP contribution in [0.2, 0.25) is 0 Å². The molecule has 3 heteroatoms. The van der Waals surface area contributed by atoms with Crippen LogP contribution in [0.4, 0.5) is 0 Å². The van der Waals surface area contributed by atoms with E-state index in [1.54, 1.807) is 7.11 Å². The van der Waals surface area contributed by atoms with Crippen molar-refractivity contribution in [3.05, 3.63) is 59.9 Å². The van der Waals surface area contributed by atoms with Crippen molar-refractivity contribution < 1.29 is 4.74 Å². The van der Waals surface area contributed by atoms with E-state index in [0.717, 1.165) is 29.2 Å². The van der Waals surface area contributed by atoms with Crippen LogP contribution in [0.15, 0.2) is 48.5 Å². The fourth-order valence-corrected chi connectivity index (χ4v) is 5.16. The Morgan fingerprint density at radius 1 is 0.649 bits per heavy atom. The van der Waals surface area contributed by atoms with Gasteiger partial charge in [-0.1, -0.05) is 134 Å². The van der Waals surface area contributed by atoms with Crippen LogP contribution in [0.3, 0.4) is 0 Å². The lowest BCUT2D eigenvalue weighted by molar-refractivity contribution is 0.415. The average Bonchev–Trinajstić information content (AvgIpc) is 3.29. The molecule has 1 aromatic heterocycles. The molecule has 202 valence electrons. The lowest BCUT2D eigenvalue weighted by atomic mass is 10.0. The monoisotopic (exact) mass is 502 g/mol. The van der Waals surface area contributed by atoms with Gasteiger partial charge in [-0.3, -0.25) is 0 Å². The number of unbranched alkanes of at least 4 members (excludes halogenated alkanes) is 15. The van der Waals surface area contributed by atoms with Crippen LogP contribution >= 0.6 is 0 Å². The molecule has 3 nitrogen and oxygen atoms in total. The number of methoxy groups -OCH3 is 1. The molecule has 0 aliphatic heterocycles. The second-order valence-electron chi connectivity index (χ2n) is 10.5. The molecule has 0 radical (unpaired) electrons. The van der Waals surface area contributed by atoms with E-state index in [0.29, 0.717) is 0 Å². The van der Waals surface area contributed by atoms with Crippen molar-refractivity contribution in [1.29, 1.82) is 0 Å². The van der Waals surface area contributed by atoms with Gasteiger partial charge in [0.25, 0.3) is 0 Å². The summed E-state index contributed by atoms with van der Waals surface area (Å²) in [4.78, 5) is 4.90. The first-order chi connectivity index (χ1) is 18.3. The zero-order valence-electron chi connectivity index (χ0n) is 23.6. The van der Waals surface area contributed by atoms with Gasteiger partial charge in [0.15, 0.2) is 0 Å². The predicted octanol–water partition coefficient (Wildman–Crippen LogP) is 10.5. The summed E-state index contributed by atoms with van der Waals surface area (Å²) in [6.45, 7) is 3.32. The first kappa shape index (κ1) is 29.0. The fraction of sp³-hybridized carbons (Fsp3) is 0.559. The van der Waals surface area contributed by atoms with Crippen molar-refractivity contribution in [3.8, 4) is 5.75 Å². The van der Waals surface area contributed by atoms with Gasteiger partial charge in [-0.15, -0.1) is 0 Å². The average molecular weight is 503 g/mol. The molecule has 2 aromatic carbocycles. The SMILES string of the molecule is CCCCCCCCCCCCCCCCCCn1c(/C=C/c2ccc(OC)cc2)nc2ccccc21. The van der Waals surface area contributed by atoms with E-state index < -0.39 is 0 Å². The minimum absolute atomic E-state index is 0.882. The summed E-state index contributed by atoms with van der Waals surface area (Å²) in [5.41, 5.74) is 3.47. The van der Waals surface area contributed by atoms with Crippen molar-refractivity contribution in [2.75, 3.05) is 7.11 Å². The standard InChI is InChI=1S/C34H50N2O/c1-3-4-5-6-7-8-9-10-11-12-13-14-15-16-17-20-29-36-33-22-19-18-21-32(33)35-34(36)28-25-30-23-26-31(37-2)27-24-30/h18-19,21-28H,3-17,20,29H2,1-2H3/b28-25+. The van der Waals surface area contributed by atoms with Gasteiger partial charge in [0.2, 0.25) is 0 Å². The van der Waals surface area contributed by atoms with Crippen molar-refractivity contribution >= 4 is 23.2 Å². The Balaban J connectivity index is 1.31. The molecule has 0 saturated heterocycles. The number of rotatable bonds is 20. The molecule has 0 fully saturated rings. The maximum Gasteiger partial charge on any atom is 0.133 e. The quantitative estimate of drug-likeness (QED) is 0.144. The molecule has 0 aliphatic carbocycles. The van der Waals surface area contributed by atoms with Gasteiger partial charge >= 0.3 is 0 Å². The van der Waals surface area contributed by atoms with E-state index in [4.69, 9.17) is 9.72 Å². The first-order valence-corrected chi connectivity index (χ1v) is 15.1. The highest BCUT2D eigenvalue weighted by molar-refractivity contribution is 5.79. The molecule has 0 amide bonds. The largest absolute Gasteiger partial charge is 0.497 e. The third-order valence-corrected chi connectivity index (χ3v) is 7.46. The number of imidazole rings is 1. The summed E-state index contributed by atoms with van der Waals surface area (Å²) in [7, 11) is 1.70. The van der Waals surface area contributed by atoms with Gasteiger partial charge in [0.05, 0.1) is 18.1 Å². The number of ether oxygens (including phenoxy) is 1. The maximum atomic E-state index is 5.27. The third kappa shape index (κ3) is 10.8. The van der Waals surface area contributed by atoms with Gasteiger partial charge in [0.1, 0.15) is 11.6 Å². The first-order valence-electron chi connectivity index (χ1n) is 15.1. The molecule has 1 heterocycles. The van der Waals surface area contributed by atoms with Crippen molar-refractivity contribution in [2.45, 2.75) is 116 Å². The predicted molar refractivity (Wildman–Crippen MR) is 161 cm³/mol. The summed E-state index contributed by atoms with van der Waals surface area (Å²) < 4.78 is 7.66. The molecule has 0 unspecified atom stereocenters. The van der Waals surface area contributed by atoms with Crippen LogP contribution in [0.25, 0.3) is 23.2 Å². The van der Waals surface area contributed by atoms with E-state index in [-0.39, 0.29) is 0 Å². The lowest BCUT2D eigenvalue weighted by Gasteiger charge is -2.08. The molecule has 0 saturated carbocycles. The smallest absolute Gasteiger partial charge is 0.133 e. The number of aromatic nitrogens is 2. The zero-order chi connectivity index (χ0) is 26.0. The van der Waals surface area contributed by atoms with Gasteiger partial charge < -0.3 is 9.30 Å². The van der Waals surface area contributed by atoms with Gasteiger partial charge in [-0.2, -0.15) is 0 Å². The van der Waals surface area contributed by atoms with E-state index in [2.05, 4.69) is 60.0 Å². The minimum Gasteiger partial charge on any atom is -0.497 e. The molecule has 0 spiro atoms. The van der Waals surface area contributed by atoms with E-state index >= 15 is 0 Å². The molecule has 0 N–H and O–H groups in total. The second-order valence-corrected chi connectivity index (χ2v) is 10.5. The molecule has 0 aliphatic rings. The Morgan fingerprint density at radius 2 is 1.19 bits per heavy atom. The van der Waals surface area contributed by atoms with Gasteiger partial charge in [-0.25, -0.2) is 4.98 Å². The van der Waals surface area contributed by atoms with Crippen LogP contribution in [-0.2, 0) is 6.54 Å². The lowest BCUT2D eigenvalue weighted by Crippen LogP contribution is -2.00.